The quantitative estimate of drug-likeness (QED) is 0.410. The molecule has 2 aromatic carbocycles. The van der Waals surface area contributed by atoms with Crippen LogP contribution >= 0.6 is 15.9 Å². The van der Waals surface area contributed by atoms with Gasteiger partial charge in [-0.05, 0) is 47.1 Å². The van der Waals surface area contributed by atoms with Crippen LogP contribution in [0.2, 0.25) is 0 Å². The Morgan fingerprint density at radius 2 is 1.80 bits per heavy atom. The molecule has 0 aliphatic rings. The highest BCUT2D eigenvalue weighted by Crippen LogP contribution is 2.23. The van der Waals surface area contributed by atoms with Gasteiger partial charge in [-0.1, -0.05) is 53.8 Å². The van der Waals surface area contributed by atoms with Crippen molar-refractivity contribution in [2.24, 2.45) is 0 Å². The first-order valence-corrected chi connectivity index (χ1v) is 9.81. The fraction of sp³-hybridized carbons (Fsp3) is 0.100. The zero-order chi connectivity index (χ0) is 18.3. The first kappa shape index (κ1) is 19.0. The van der Waals surface area contributed by atoms with Crippen LogP contribution in [0.5, 0.6) is 0 Å². The van der Waals surface area contributed by atoms with Crippen LogP contribution in [-0.4, -0.2) is 19.3 Å². The van der Waals surface area contributed by atoms with Crippen molar-refractivity contribution in [1.82, 2.24) is 4.31 Å². The number of aryl methyl sites for hydroxylation is 1. The Morgan fingerprint density at radius 3 is 2.40 bits per heavy atom. The zero-order valence-electron chi connectivity index (χ0n) is 13.8. The fourth-order valence-electron chi connectivity index (χ4n) is 2.03. The number of hydrogen-bond acceptors (Lipinski definition) is 2. The predicted octanol–water partition coefficient (Wildman–Crippen LogP) is 4.46. The van der Waals surface area contributed by atoms with Crippen molar-refractivity contribution in [3.05, 3.63) is 89.1 Å². The molecule has 0 aliphatic carbocycles. The van der Waals surface area contributed by atoms with Gasteiger partial charge in [0.1, 0.15) is 4.61 Å². The lowest BCUT2D eigenvalue weighted by Gasteiger charge is -2.22. The van der Waals surface area contributed by atoms with Gasteiger partial charge in [-0.3, -0.25) is 4.31 Å². The molecule has 3 nitrogen and oxygen atoms in total. The van der Waals surface area contributed by atoms with E-state index in [9.17, 15) is 8.42 Å². The standard InChI is InChI=1S/C20H18BrNO2S/c1-3-16-22(25(23,24)19-14-12-17(2)13-15-19)20(21)11-7-10-18-8-5-4-6-9-18/h3-6,8-9,11-15H,1,16H2,2H3/b20-11-. The number of halogens is 1. The summed E-state index contributed by atoms with van der Waals surface area (Å²) in [7, 11) is -3.70. The maximum atomic E-state index is 12.9. The summed E-state index contributed by atoms with van der Waals surface area (Å²) in [6.45, 7) is 5.69. The third kappa shape index (κ3) is 5.09. The van der Waals surface area contributed by atoms with Crippen LogP contribution in [0.3, 0.4) is 0 Å². The summed E-state index contributed by atoms with van der Waals surface area (Å²) in [5, 5.41) is 0. The van der Waals surface area contributed by atoms with Crippen molar-refractivity contribution in [3.63, 3.8) is 0 Å². The molecule has 0 aromatic heterocycles. The molecule has 0 N–H and O–H groups in total. The van der Waals surface area contributed by atoms with E-state index in [1.807, 2.05) is 37.3 Å². The van der Waals surface area contributed by atoms with Gasteiger partial charge in [-0.25, -0.2) is 8.42 Å². The molecule has 0 amide bonds. The summed E-state index contributed by atoms with van der Waals surface area (Å²) in [4.78, 5) is 0.223. The summed E-state index contributed by atoms with van der Waals surface area (Å²) in [6, 6.07) is 16.2. The van der Waals surface area contributed by atoms with Crippen LogP contribution in [0.25, 0.3) is 0 Å². The first-order chi connectivity index (χ1) is 11.9. The number of rotatable bonds is 5. The van der Waals surface area contributed by atoms with Gasteiger partial charge in [0.2, 0.25) is 0 Å². The first-order valence-electron chi connectivity index (χ1n) is 7.57. The maximum absolute atomic E-state index is 12.9. The molecular formula is C20H18BrNO2S. The third-order valence-electron chi connectivity index (χ3n) is 3.32. The molecule has 0 saturated heterocycles. The fourth-order valence-corrected chi connectivity index (χ4v) is 4.18. The average molecular weight is 416 g/mol. The summed E-state index contributed by atoms with van der Waals surface area (Å²) in [5.41, 5.74) is 1.85. The molecule has 0 heterocycles. The topological polar surface area (TPSA) is 37.4 Å². The molecule has 25 heavy (non-hydrogen) atoms. The number of sulfonamides is 1. The lowest BCUT2D eigenvalue weighted by Crippen LogP contribution is -2.28. The Bertz CT molecular complexity index is 921. The Kier molecular flexibility index (Phi) is 6.63. The average Bonchev–Trinajstić information content (AvgIpc) is 2.60. The molecule has 0 aliphatic heterocycles. The van der Waals surface area contributed by atoms with Crippen LogP contribution in [0.1, 0.15) is 11.1 Å². The highest BCUT2D eigenvalue weighted by Gasteiger charge is 2.24. The van der Waals surface area contributed by atoms with Crippen LogP contribution in [-0.2, 0) is 10.0 Å². The van der Waals surface area contributed by atoms with Crippen molar-refractivity contribution in [3.8, 4) is 11.8 Å². The second-order valence-electron chi connectivity index (χ2n) is 5.24. The van der Waals surface area contributed by atoms with Gasteiger partial charge in [0.15, 0.2) is 0 Å². The molecule has 2 rings (SSSR count). The lowest BCUT2D eigenvalue weighted by atomic mass is 10.2. The lowest BCUT2D eigenvalue weighted by molar-refractivity contribution is 0.519. The van der Waals surface area contributed by atoms with Gasteiger partial charge in [0, 0.05) is 11.6 Å². The predicted molar refractivity (Wildman–Crippen MR) is 106 cm³/mol. The summed E-state index contributed by atoms with van der Waals surface area (Å²) in [5.74, 6) is 5.84. The minimum absolute atomic E-state index is 0.139. The summed E-state index contributed by atoms with van der Waals surface area (Å²) < 4.78 is 27.3. The molecule has 0 radical (unpaired) electrons. The van der Waals surface area contributed by atoms with E-state index in [0.717, 1.165) is 11.1 Å². The molecule has 0 atom stereocenters. The molecular weight excluding hydrogens is 398 g/mol. The van der Waals surface area contributed by atoms with Crippen molar-refractivity contribution >= 4 is 26.0 Å². The molecule has 0 bridgehead atoms. The van der Waals surface area contributed by atoms with Crippen LogP contribution in [0, 0.1) is 18.8 Å². The van der Waals surface area contributed by atoms with Gasteiger partial charge in [-0.2, -0.15) is 0 Å². The van der Waals surface area contributed by atoms with E-state index in [1.165, 1.54) is 16.5 Å². The Hall–Kier alpha value is -2.29. The molecule has 0 spiro atoms. The highest BCUT2D eigenvalue weighted by atomic mass is 79.9. The third-order valence-corrected chi connectivity index (χ3v) is 6.01. The largest absolute Gasteiger partial charge is 0.265 e. The van der Waals surface area contributed by atoms with Crippen molar-refractivity contribution in [1.29, 1.82) is 0 Å². The molecule has 2 aromatic rings. The van der Waals surface area contributed by atoms with Gasteiger partial charge >= 0.3 is 0 Å². The van der Waals surface area contributed by atoms with Crippen molar-refractivity contribution in [2.75, 3.05) is 6.54 Å². The van der Waals surface area contributed by atoms with Crippen LogP contribution in [0.15, 0.2) is 82.8 Å². The van der Waals surface area contributed by atoms with Gasteiger partial charge < -0.3 is 0 Å². The molecule has 0 saturated carbocycles. The van der Waals surface area contributed by atoms with Crippen LogP contribution < -0.4 is 0 Å². The minimum Gasteiger partial charge on any atom is -0.255 e. The molecule has 5 heteroatoms. The number of benzene rings is 2. The molecule has 128 valence electrons. The van der Waals surface area contributed by atoms with E-state index in [1.54, 1.807) is 24.3 Å². The summed E-state index contributed by atoms with van der Waals surface area (Å²) in [6.07, 6.45) is 3.06. The minimum atomic E-state index is -3.70. The summed E-state index contributed by atoms with van der Waals surface area (Å²) >= 11 is 3.32. The number of hydrogen-bond donors (Lipinski definition) is 0. The van der Waals surface area contributed by atoms with E-state index in [0.29, 0.717) is 4.61 Å². The number of allylic oxidation sites excluding steroid dienone is 1. The van der Waals surface area contributed by atoms with E-state index >= 15 is 0 Å². The molecule has 0 fully saturated rings. The number of nitrogens with zero attached hydrogens (tertiary/aromatic N) is 1. The second-order valence-corrected chi connectivity index (χ2v) is 7.92. The van der Waals surface area contributed by atoms with Gasteiger partial charge in [0.25, 0.3) is 10.0 Å². The van der Waals surface area contributed by atoms with E-state index in [2.05, 4.69) is 34.3 Å². The van der Waals surface area contributed by atoms with Gasteiger partial charge in [0.05, 0.1) is 11.4 Å². The molecule has 0 unspecified atom stereocenters. The zero-order valence-corrected chi connectivity index (χ0v) is 16.2. The monoisotopic (exact) mass is 415 g/mol. The normalized spacial score (nSPS) is 11.4. The van der Waals surface area contributed by atoms with Crippen molar-refractivity contribution in [2.45, 2.75) is 11.8 Å². The maximum Gasteiger partial charge on any atom is 0.265 e. The van der Waals surface area contributed by atoms with Gasteiger partial charge in [-0.15, -0.1) is 6.58 Å². The van der Waals surface area contributed by atoms with Crippen molar-refractivity contribution < 1.29 is 8.42 Å². The Morgan fingerprint density at radius 1 is 1.16 bits per heavy atom. The van der Waals surface area contributed by atoms with E-state index < -0.39 is 10.0 Å². The highest BCUT2D eigenvalue weighted by molar-refractivity contribution is 9.11. The second kappa shape index (κ2) is 8.70. The SMILES string of the molecule is C=CCN(/C(Br)=C\C#Cc1ccccc1)S(=O)(=O)c1ccc(C)cc1. The van der Waals surface area contributed by atoms with Crippen LogP contribution in [0.4, 0.5) is 0 Å². The Balaban J connectivity index is 2.33. The van der Waals surface area contributed by atoms with E-state index in [4.69, 9.17) is 0 Å². The Labute approximate surface area is 157 Å². The van der Waals surface area contributed by atoms with E-state index in [-0.39, 0.29) is 11.4 Å². The smallest absolute Gasteiger partial charge is 0.255 e.